The molecule has 1 heterocycles. The van der Waals surface area contributed by atoms with Crippen molar-refractivity contribution in [3.63, 3.8) is 0 Å². The monoisotopic (exact) mass is 448 g/mol. The summed E-state index contributed by atoms with van der Waals surface area (Å²) in [6.07, 6.45) is 2.57. The zero-order valence-electron chi connectivity index (χ0n) is 15.2. The Labute approximate surface area is 156 Å². The van der Waals surface area contributed by atoms with Crippen molar-refractivity contribution in [1.29, 1.82) is 0 Å². The molecule has 0 atom stereocenters. The van der Waals surface area contributed by atoms with Crippen LogP contribution in [0.5, 0.6) is 0 Å². The zero-order chi connectivity index (χ0) is 17.5. The molecule has 0 amide bonds. The van der Waals surface area contributed by atoms with Crippen LogP contribution in [0.25, 0.3) is 6.08 Å². The van der Waals surface area contributed by atoms with Gasteiger partial charge in [0.1, 0.15) is 0 Å². The standard InChI is InChI=1S/C21H18Si.2CH3.Sn/c1-22(20-13-7-3-8-14-20,21-15-9-4-10-16-21)18-17-19-11-5-2-6-12-19;;;/h2-11,13-17H,1H3;2*1H3;. The molecule has 0 aromatic heterocycles. The molecule has 3 aromatic rings. The van der Waals surface area contributed by atoms with Gasteiger partial charge in [0.25, 0.3) is 0 Å². The molecule has 0 bridgehead atoms. The molecule has 0 aliphatic carbocycles. The van der Waals surface area contributed by atoms with Crippen LogP contribution >= 0.6 is 0 Å². The first-order chi connectivity index (χ1) is 12.0. The van der Waals surface area contributed by atoms with E-state index in [2.05, 4.69) is 107 Å². The van der Waals surface area contributed by atoms with Gasteiger partial charge < -0.3 is 0 Å². The molecule has 2 heteroatoms. The van der Waals surface area contributed by atoms with Crippen LogP contribution in [0.4, 0.5) is 0 Å². The van der Waals surface area contributed by atoms with E-state index in [1.54, 1.807) is 6.79 Å². The molecule has 0 fully saturated rings. The van der Waals surface area contributed by atoms with E-state index in [0.717, 1.165) is 0 Å². The fourth-order valence-electron chi connectivity index (χ4n) is 4.46. The molecule has 4 rings (SSSR count). The van der Waals surface area contributed by atoms with E-state index < -0.39 is 26.5 Å². The first-order valence-corrected chi connectivity index (χ1v) is 20.0. The first-order valence-electron chi connectivity index (χ1n) is 8.98. The first kappa shape index (κ1) is 16.9. The molecule has 1 aliphatic heterocycles. The van der Waals surface area contributed by atoms with Crippen molar-refractivity contribution in [1.82, 2.24) is 0 Å². The molecule has 0 N–H and O–H groups in total. The van der Waals surface area contributed by atoms with E-state index in [9.17, 15) is 0 Å². The molecule has 0 spiro atoms. The maximum absolute atomic E-state index is 2.60. The predicted molar refractivity (Wildman–Crippen MR) is 115 cm³/mol. The van der Waals surface area contributed by atoms with E-state index in [-0.39, 0.29) is 0 Å². The minimum atomic E-state index is -2.55. The Bertz CT molecular complexity index is 887. The van der Waals surface area contributed by atoms with Crippen molar-refractivity contribution < 1.29 is 0 Å². The summed E-state index contributed by atoms with van der Waals surface area (Å²) in [5, 5.41) is 3.06. The van der Waals surface area contributed by atoms with Gasteiger partial charge in [0.15, 0.2) is 0 Å². The predicted octanol–water partition coefficient (Wildman–Crippen LogP) is 3.97. The Morgan fingerprint density at radius 3 is 1.64 bits per heavy atom. The van der Waals surface area contributed by atoms with Crippen LogP contribution in [0.2, 0.25) is 16.4 Å². The number of benzene rings is 3. The zero-order valence-corrected chi connectivity index (χ0v) is 19.0. The summed E-state index contributed by atoms with van der Waals surface area (Å²) in [4.78, 5) is 5.20. The van der Waals surface area contributed by atoms with E-state index in [4.69, 9.17) is 0 Å². The van der Waals surface area contributed by atoms with Crippen LogP contribution in [-0.4, -0.2) is 26.5 Å². The van der Waals surface area contributed by atoms with E-state index in [0.29, 0.717) is 0 Å². The van der Waals surface area contributed by atoms with Crippen LogP contribution in [-0.2, 0) is 0 Å². The summed E-state index contributed by atoms with van der Waals surface area (Å²) in [5.74, 6) is 0. The molecule has 0 nitrogen and oxygen atoms in total. The summed E-state index contributed by atoms with van der Waals surface area (Å²) >= 11 is -2.55. The average Bonchev–Trinajstić information content (AvgIpc) is 2.94. The summed E-state index contributed by atoms with van der Waals surface area (Å²) < 4.78 is 3.47. The van der Waals surface area contributed by atoms with Crippen molar-refractivity contribution in [2.75, 3.05) is 0 Å². The third-order valence-electron chi connectivity index (χ3n) is 5.85. The molecule has 3 aromatic carbocycles. The quantitative estimate of drug-likeness (QED) is 0.534. The molecule has 25 heavy (non-hydrogen) atoms. The molecule has 1 aliphatic rings. The van der Waals surface area contributed by atoms with E-state index >= 15 is 0 Å². The molecule has 0 radical (unpaired) electrons. The third-order valence-corrected chi connectivity index (χ3v) is 27.9. The Balaban J connectivity index is 1.98. The van der Waals surface area contributed by atoms with Gasteiger partial charge in [-0.25, -0.2) is 0 Å². The number of hydrogen-bond donors (Lipinski definition) is 0. The normalized spacial score (nSPS) is 15.6. The van der Waals surface area contributed by atoms with Gasteiger partial charge in [0, 0.05) is 0 Å². The maximum atomic E-state index is 2.60. The van der Waals surface area contributed by atoms with Crippen LogP contribution in [0.3, 0.4) is 0 Å². The van der Waals surface area contributed by atoms with Crippen LogP contribution in [0, 0.1) is 0 Å². The molecular formula is C23H24SiSn. The SMILES string of the molecule is C[Si]([C]1=Cc2cccc[c]2[Sn]1([CH3])[CH3])(c1ccccc1)c1ccccc1. The Hall–Kier alpha value is -1.58. The molecular weight excluding hydrogens is 423 g/mol. The molecule has 0 saturated heterocycles. The fraction of sp³-hybridized carbons (Fsp3) is 0.130. The van der Waals surface area contributed by atoms with E-state index in [1.165, 1.54) is 15.9 Å². The fourth-order valence-corrected chi connectivity index (χ4v) is 29.2. The number of hydrogen-bond acceptors (Lipinski definition) is 0. The molecule has 0 unspecified atom stereocenters. The van der Waals surface area contributed by atoms with Gasteiger partial charge in [0.05, 0.1) is 0 Å². The summed E-state index contributed by atoms with van der Waals surface area (Å²) in [7, 11) is -1.95. The Morgan fingerprint density at radius 1 is 0.640 bits per heavy atom. The van der Waals surface area contributed by atoms with Crippen molar-refractivity contribution in [2.45, 2.75) is 16.4 Å². The van der Waals surface area contributed by atoms with E-state index in [1.807, 2.05) is 0 Å². The van der Waals surface area contributed by atoms with Crippen molar-refractivity contribution in [3.05, 3.63) is 93.7 Å². The summed E-state index contributed by atoms with van der Waals surface area (Å²) in [6.45, 7) is 2.56. The van der Waals surface area contributed by atoms with Crippen molar-refractivity contribution in [3.8, 4) is 0 Å². The Kier molecular flexibility index (Phi) is 4.24. The molecule has 0 saturated carbocycles. The van der Waals surface area contributed by atoms with Gasteiger partial charge in [-0.2, -0.15) is 0 Å². The Morgan fingerprint density at radius 2 is 1.12 bits per heavy atom. The summed E-state index contributed by atoms with van der Waals surface area (Å²) in [5.41, 5.74) is 1.48. The van der Waals surface area contributed by atoms with Crippen LogP contribution in [0.1, 0.15) is 5.56 Å². The average molecular weight is 447 g/mol. The molecule has 124 valence electrons. The van der Waals surface area contributed by atoms with Crippen molar-refractivity contribution in [2.24, 2.45) is 0 Å². The van der Waals surface area contributed by atoms with Gasteiger partial charge >= 0.3 is 157 Å². The second-order valence-corrected chi connectivity index (χ2v) is 25.3. The second kappa shape index (κ2) is 6.29. The van der Waals surface area contributed by atoms with Gasteiger partial charge in [-0.3, -0.25) is 0 Å². The topological polar surface area (TPSA) is 0 Å². The summed E-state index contributed by atoms with van der Waals surface area (Å²) in [6, 6.07) is 31.6. The number of rotatable bonds is 3. The minimum absolute atomic E-state index is 1.48. The van der Waals surface area contributed by atoms with Gasteiger partial charge in [-0.05, 0) is 0 Å². The van der Waals surface area contributed by atoms with Crippen molar-refractivity contribution >= 4 is 46.5 Å². The third kappa shape index (κ3) is 2.65. The van der Waals surface area contributed by atoms with Gasteiger partial charge in [-0.1, -0.05) is 0 Å². The van der Waals surface area contributed by atoms with Gasteiger partial charge in [0.2, 0.25) is 0 Å². The van der Waals surface area contributed by atoms with Crippen LogP contribution < -0.4 is 14.0 Å². The second-order valence-electron chi connectivity index (χ2n) is 7.63. The van der Waals surface area contributed by atoms with Gasteiger partial charge in [-0.15, -0.1) is 0 Å². The van der Waals surface area contributed by atoms with Crippen LogP contribution in [0.15, 0.2) is 88.1 Å². The number of fused-ring (bicyclic) bond motifs is 1.